The van der Waals surface area contributed by atoms with Gasteiger partial charge in [0.15, 0.2) is 0 Å². The van der Waals surface area contributed by atoms with Crippen LogP contribution in [0.2, 0.25) is 5.02 Å². The van der Waals surface area contributed by atoms with E-state index in [2.05, 4.69) is 5.32 Å². The van der Waals surface area contributed by atoms with E-state index in [1.54, 1.807) is 36.4 Å². The third kappa shape index (κ3) is 6.49. The van der Waals surface area contributed by atoms with Gasteiger partial charge in [-0.2, -0.15) is 0 Å². The second-order valence-electron chi connectivity index (χ2n) is 9.27. The second kappa shape index (κ2) is 12.4. The predicted octanol–water partition coefficient (Wildman–Crippen LogP) is 4.04. The SMILES string of the molecule is CCCNC(=O)[C@H](Cc1ccccc1)N(Cc1ccc(Cl)cc1)C(=O)CCN1C(=O)c2ccccc2S1(=O)=O. The van der Waals surface area contributed by atoms with E-state index < -0.39 is 27.9 Å². The van der Waals surface area contributed by atoms with E-state index in [0.717, 1.165) is 21.9 Å². The summed E-state index contributed by atoms with van der Waals surface area (Å²) < 4.78 is 26.7. The normalized spacial score (nSPS) is 14.5. The first-order valence-corrected chi connectivity index (χ1v) is 14.6. The highest BCUT2D eigenvalue weighted by molar-refractivity contribution is 7.90. The van der Waals surface area contributed by atoms with Gasteiger partial charge in [0.2, 0.25) is 11.8 Å². The number of nitrogens with one attached hydrogen (secondary N) is 1. The molecule has 3 aromatic rings. The highest BCUT2D eigenvalue weighted by Gasteiger charge is 2.41. The Bertz CT molecular complexity index is 1450. The number of sulfonamides is 1. The first kappa shape index (κ1) is 28.3. The summed E-state index contributed by atoms with van der Waals surface area (Å²) in [6, 6.07) is 21.5. The molecule has 4 rings (SSSR count). The number of halogens is 1. The maximum Gasteiger partial charge on any atom is 0.269 e. The van der Waals surface area contributed by atoms with Crippen LogP contribution in [0.4, 0.5) is 0 Å². The summed E-state index contributed by atoms with van der Waals surface area (Å²) in [5, 5.41) is 3.44. The molecule has 1 atom stereocenters. The monoisotopic (exact) mass is 567 g/mol. The van der Waals surface area contributed by atoms with E-state index in [1.165, 1.54) is 17.0 Å². The Kier molecular flexibility index (Phi) is 9.04. The Labute approximate surface area is 233 Å². The van der Waals surface area contributed by atoms with Crippen LogP contribution in [0.25, 0.3) is 0 Å². The van der Waals surface area contributed by atoms with Crippen LogP contribution in [0, 0.1) is 0 Å². The largest absolute Gasteiger partial charge is 0.354 e. The average molecular weight is 568 g/mol. The van der Waals surface area contributed by atoms with E-state index >= 15 is 0 Å². The first-order valence-electron chi connectivity index (χ1n) is 12.7. The van der Waals surface area contributed by atoms with E-state index in [-0.39, 0.29) is 42.3 Å². The molecule has 10 heteroatoms. The minimum atomic E-state index is -4.06. The summed E-state index contributed by atoms with van der Waals surface area (Å²) in [6.07, 6.45) is 0.714. The smallest absolute Gasteiger partial charge is 0.269 e. The summed E-state index contributed by atoms with van der Waals surface area (Å²) in [4.78, 5) is 41.4. The molecule has 39 heavy (non-hydrogen) atoms. The van der Waals surface area contributed by atoms with Gasteiger partial charge in [-0.05, 0) is 41.8 Å². The summed E-state index contributed by atoms with van der Waals surface area (Å²) in [6.45, 7) is 2.16. The average Bonchev–Trinajstić information content (AvgIpc) is 3.14. The zero-order valence-electron chi connectivity index (χ0n) is 21.5. The fourth-order valence-corrected chi connectivity index (χ4v) is 6.20. The van der Waals surface area contributed by atoms with Gasteiger partial charge in [0.1, 0.15) is 10.9 Å². The van der Waals surface area contributed by atoms with E-state index in [0.29, 0.717) is 11.6 Å². The van der Waals surface area contributed by atoms with Crippen molar-refractivity contribution in [1.29, 1.82) is 0 Å². The zero-order valence-corrected chi connectivity index (χ0v) is 23.1. The molecule has 3 amide bonds. The van der Waals surface area contributed by atoms with Crippen LogP contribution < -0.4 is 5.32 Å². The van der Waals surface area contributed by atoms with Crippen LogP contribution in [0.1, 0.15) is 41.3 Å². The van der Waals surface area contributed by atoms with Crippen molar-refractivity contribution in [2.75, 3.05) is 13.1 Å². The van der Waals surface area contributed by atoms with Crippen molar-refractivity contribution in [1.82, 2.24) is 14.5 Å². The summed E-state index contributed by atoms with van der Waals surface area (Å²) in [5.74, 6) is -1.42. The number of carbonyl (C=O) groups is 3. The van der Waals surface area contributed by atoms with Crippen LogP contribution >= 0.6 is 11.6 Å². The molecule has 8 nitrogen and oxygen atoms in total. The minimum Gasteiger partial charge on any atom is -0.354 e. The number of nitrogens with zero attached hydrogens (tertiary/aromatic N) is 2. The fraction of sp³-hybridized carbons (Fsp3) is 0.276. The summed E-state index contributed by atoms with van der Waals surface area (Å²) in [7, 11) is -4.06. The van der Waals surface area contributed by atoms with Crippen molar-refractivity contribution in [3.63, 3.8) is 0 Å². The zero-order chi connectivity index (χ0) is 28.0. The number of rotatable bonds is 11. The highest BCUT2D eigenvalue weighted by atomic mass is 35.5. The molecule has 1 heterocycles. The van der Waals surface area contributed by atoms with Gasteiger partial charge in [-0.1, -0.05) is 73.1 Å². The molecule has 3 aromatic carbocycles. The van der Waals surface area contributed by atoms with Crippen LogP contribution in [0.5, 0.6) is 0 Å². The topological polar surface area (TPSA) is 104 Å². The molecule has 0 radical (unpaired) electrons. The molecule has 0 spiro atoms. The summed E-state index contributed by atoms with van der Waals surface area (Å²) in [5.41, 5.74) is 1.71. The molecule has 0 saturated heterocycles. The number of fused-ring (bicyclic) bond motifs is 1. The van der Waals surface area contributed by atoms with Crippen LogP contribution in [0.3, 0.4) is 0 Å². The molecule has 0 bridgehead atoms. The summed E-state index contributed by atoms with van der Waals surface area (Å²) >= 11 is 6.05. The number of benzene rings is 3. The third-order valence-corrected chi connectivity index (χ3v) is 8.62. The van der Waals surface area contributed by atoms with Crippen LogP contribution in [-0.4, -0.2) is 54.5 Å². The van der Waals surface area contributed by atoms with E-state index in [1.807, 2.05) is 37.3 Å². The first-order chi connectivity index (χ1) is 18.7. The van der Waals surface area contributed by atoms with Crippen molar-refractivity contribution in [3.8, 4) is 0 Å². The van der Waals surface area contributed by atoms with Crippen LogP contribution in [-0.2, 0) is 32.6 Å². The van der Waals surface area contributed by atoms with Gasteiger partial charge in [-0.3, -0.25) is 14.4 Å². The lowest BCUT2D eigenvalue weighted by molar-refractivity contribution is -0.141. The number of hydrogen-bond acceptors (Lipinski definition) is 5. The maximum absolute atomic E-state index is 13.8. The standard InChI is InChI=1S/C29H30ClN3O5S/c1-2-17-31-28(35)25(19-21-8-4-3-5-9-21)32(20-22-12-14-23(30)15-13-22)27(34)16-18-33-29(36)24-10-6-7-11-26(24)39(33,37)38/h3-15,25H,2,16-20H2,1H3,(H,31,35)/t25-/m0/s1. The second-order valence-corrected chi connectivity index (χ2v) is 11.5. The Morgan fingerprint density at radius 2 is 1.62 bits per heavy atom. The Balaban J connectivity index is 1.62. The van der Waals surface area contributed by atoms with Gasteiger partial charge < -0.3 is 10.2 Å². The molecular weight excluding hydrogens is 538 g/mol. The predicted molar refractivity (Wildman–Crippen MR) is 149 cm³/mol. The Morgan fingerprint density at radius 3 is 2.28 bits per heavy atom. The van der Waals surface area contributed by atoms with Crippen molar-refractivity contribution in [2.24, 2.45) is 0 Å². The Morgan fingerprint density at radius 1 is 0.949 bits per heavy atom. The van der Waals surface area contributed by atoms with Gasteiger partial charge in [-0.25, -0.2) is 12.7 Å². The lowest BCUT2D eigenvalue weighted by Gasteiger charge is -2.32. The van der Waals surface area contributed by atoms with Crippen molar-refractivity contribution < 1.29 is 22.8 Å². The molecule has 204 valence electrons. The van der Waals surface area contributed by atoms with E-state index in [9.17, 15) is 22.8 Å². The van der Waals surface area contributed by atoms with Gasteiger partial charge in [0, 0.05) is 37.5 Å². The lowest BCUT2D eigenvalue weighted by Crippen LogP contribution is -2.51. The quantitative estimate of drug-likeness (QED) is 0.377. The third-order valence-electron chi connectivity index (χ3n) is 6.53. The minimum absolute atomic E-state index is 0.0682. The highest BCUT2D eigenvalue weighted by Crippen LogP contribution is 2.30. The molecule has 1 aliphatic heterocycles. The van der Waals surface area contributed by atoms with Gasteiger partial charge >= 0.3 is 0 Å². The van der Waals surface area contributed by atoms with Crippen molar-refractivity contribution >= 4 is 39.3 Å². The number of carbonyl (C=O) groups excluding carboxylic acids is 3. The molecule has 0 unspecified atom stereocenters. The molecular formula is C29H30ClN3O5S. The Hall–Kier alpha value is -3.69. The van der Waals surface area contributed by atoms with Gasteiger partial charge in [0.05, 0.1) is 5.56 Å². The van der Waals surface area contributed by atoms with Crippen molar-refractivity contribution in [3.05, 3.63) is 101 Å². The molecule has 0 aromatic heterocycles. The molecule has 1 aliphatic rings. The molecule has 1 N–H and O–H groups in total. The molecule has 0 aliphatic carbocycles. The van der Waals surface area contributed by atoms with Crippen molar-refractivity contribution in [2.45, 2.75) is 43.7 Å². The van der Waals surface area contributed by atoms with Crippen LogP contribution in [0.15, 0.2) is 83.8 Å². The van der Waals surface area contributed by atoms with E-state index in [4.69, 9.17) is 11.6 Å². The van der Waals surface area contributed by atoms with Gasteiger partial charge in [0.25, 0.3) is 15.9 Å². The number of hydrogen-bond donors (Lipinski definition) is 1. The lowest BCUT2D eigenvalue weighted by atomic mass is 10.0. The number of amides is 3. The fourth-order valence-electron chi connectivity index (χ4n) is 4.50. The van der Waals surface area contributed by atoms with Gasteiger partial charge in [-0.15, -0.1) is 0 Å². The molecule has 0 fully saturated rings. The molecule has 0 saturated carbocycles. The maximum atomic E-state index is 13.8.